The summed E-state index contributed by atoms with van der Waals surface area (Å²) in [5.41, 5.74) is 2.53. The molecule has 220 valence electrons. The van der Waals surface area contributed by atoms with E-state index in [-0.39, 0.29) is 29.1 Å². The molecule has 3 aromatic carbocycles. The number of anilines is 1. The largest absolute Gasteiger partial charge is 0.495 e. The van der Waals surface area contributed by atoms with Crippen molar-refractivity contribution in [2.75, 3.05) is 18.0 Å². The van der Waals surface area contributed by atoms with E-state index < -0.39 is 28.5 Å². The second-order valence-electron chi connectivity index (χ2n) is 10.1. The summed E-state index contributed by atoms with van der Waals surface area (Å²) < 4.78 is 34.7. The summed E-state index contributed by atoms with van der Waals surface area (Å²) in [6.45, 7) is 8.58. The standard InChI is InChI=1S/C31H38ClN3O5S/c1-7-23(4)33-31(37)24(5)34(19-25-10-8-9-11-27(25)32)30(36)20-35(28-18-22(3)14-17-29(28)40-6)41(38,39)26-15-12-21(2)13-16-26/h8-18,23-24H,7,19-20H2,1-6H3,(H,33,37)/t23-,24-/m1/s1. The molecular formula is C31H38ClN3O5S. The van der Waals surface area contributed by atoms with Crippen molar-refractivity contribution in [3.05, 3.63) is 88.4 Å². The normalized spacial score (nSPS) is 12.8. The summed E-state index contributed by atoms with van der Waals surface area (Å²) in [6.07, 6.45) is 0.715. The number of nitrogens with one attached hydrogen (secondary N) is 1. The average Bonchev–Trinajstić information content (AvgIpc) is 2.95. The van der Waals surface area contributed by atoms with E-state index in [1.165, 1.54) is 24.1 Å². The second-order valence-corrected chi connectivity index (χ2v) is 12.4. The van der Waals surface area contributed by atoms with Gasteiger partial charge in [0.15, 0.2) is 0 Å². The SMILES string of the molecule is CC[C@@H](C)NC(=O)[C@@H](C)N(Cc1ccccc1Cl)C(=O)CN(c1cc(C)ccc1OC)S(=O)(=O)c1ccc(C)cc1. The number of amides is 2. The van der Waals surface area contributed by atoms with E-state index >= 15 is 0 Å². The zero-order valence-electron chi connectivity index (χ0n) is 24.3. The molecule has 0 aliphatic rings. The van der Waals surface area contributed by atoms with Crippen LogP contribution >= 0.6 is 11.6 Å². The Kier molecular flexibility index (Phi) is 10.8. The molecule has 10 heteroatoms. The van der Waals surface area contributed by atoms with Gasteiger partial charge in [0.2, 0.25) is 11.8 Å². The number of carbonyl (C=O) groups is 2. The van der Waals surface area contributed by atoms with Gasteiger partial charge in [-0.3, -0.25) is 13.9 Å². The predicted molar refractivity (Wildman–Crippen MR) is 163 cm³/mol. The van der Waals surface area contributed by atoms with Gasteiger partial charge in [0, 0.05) is 17.6 Å². The number of benzene rings is 3. The van der Waals surface area contributed by atoms with Crippen molar-refractivity contribution >= 4 is 39.1 Å². The molecule has 0 aliphatic heterocycles. The maximum atomic E-state index is 14.1. The van der Waals surface area contributed by atoms with Crippen molar-refractivity contribution in [1.29, 1.82) is 0 Å². The summed E-state index contributed by atoms with van der Waals surface area (Å²) in [4.78, 5) is 28.7. The van der Waals surface area contributed by atoms with Crippen LogP contribution in [-0.4, -0.2) is 50.9 Å². The van der Waals surface area contributed by atoms with Crippen LogP contribution in [0.3, 0.4) is 0 Å². The number of ether oxygens (including phenoxy) is 1. The number of rotatable bonds is 12. The fourth-order valence-corrected chi connectivity index (χ4v) is 5.82. The number of halogens is 1. The molecule has 0 bridgehead atoms. The van der Waals surface area contributed by atoms with Crippen molar-refractivity contribution in [1.82, 2.24) is 10.2 Å². The zero-order valence-corrected chi connectivity index (χ0v) is 25.9. The maximum Gasteiger partial charge on any atom is 0.264 e. The third-order valence-corrected chi connectivity index (χ3v) is 9.10. The molecule has 8 nitrogen and oxygen atoms in total. The lowest BCUT2D eigenvalue weighted by Gasteiger charge is -2.33. The first-order chi connectivity index (χ1) is 19.4. The topological polar surface area (TPSA) is 96.0 Å². The Morgan fingerprint density at radius 2 is 1.61 bits per heavy atom. The molecular weight excluding hydrogens is 562 g/mol. The molecule has 0 radical (unpaired) electrons. The Labute approximate surface area is 248 Å². The number of carbonyl (C=O) groups excluding carboxylic acids is 2. The van der Waals surface area contributed by atoms with Crippen LogP contribution in [0.4, 0.5) is 5.69 Å². The fourth-order valence-electron chi connectivity index (χ4n) is 4.20. The zero-order chi connectivity index (χ0) is 30.3. The number of hydrogen-bond donors (Lipinski definition) is 1. The molecule has 0 aliphatic carbocycles. The monoisotopic (exact) mass is 599 g/mol. The minimum Gasteiger partial charge on any atom is -0.495 e. The number of aryl methyl sites for hydroxylation is 2. The Balaban J connectivity index is 2.11. The first-order valence-corrected chi connectivity index (χ1v) is 15.3. The first kappa shape index (κ1) is 32.0. The lowest BCUT2D eigenvalue weighted by Crippen LogP contribution is -2.52. The molecule has 0 saturated heterocycles. The number of methoxy groups -OCH3 is 1. The summed E-state index contributed by atoms with van der Waals surface area (Å²) in [7, 11) is -2.78. The van der Waals surface area contributed by atoms with Gasteiger partial charge in [-0.25, -0.2) is 8.42 Å². The molecule has 0 saturated carbocycles. The van der Waals surface area contributed by atoms with Crippen LogP contribution in [0.25, 0.3) is 0 Å². The van der Waals surface area contributed by atoms with Crippen LogP contribution in [0.2, 0.25) is 5.02 Å². The van der Waals surface area contributed by atoms with E-state index in [0.29, 0.717) is 22.8 Å². The van der Waals surface area contributed by atoms with E-state index in [0.717, 1.165) is 15.4 Å². The summed E-state index contributed by atoms with van der Waals surface area (Å²) >= 11 is 6.43. The van der Waals surface area contributed by atoms with Gasteiger partial charge in [-0.05, 0) is 75.6 Å². The van der Waals surface area contributed by atoms with Gasteiger partial charge in [-0.2, -0.15) is 0 Å². The highest BCUT2D eigenvalue weighted by Crippen LogP contribution is 2.34. The lowest BCUT2D eigenvalue weighted by atomic mass is 10.1. The van der Waals surface area contributed by atoms with Gasteiger partial charge in [0.05, 0.1) is 17.7 Å². The van der Waals surface area contributed by atoms with Crippen molar-refractivity contribution in [2.45, 2.75) is 64.6 Å². The molecule has 0 fully saturated rings. The molecule has 3 rings (SSSR count). The van der Waals surface area contributed by atoms with Crippen molar-refractivity contribution < 1.29 is 22.7 Å². The van der Waals surface area contributed by atoms with Gasteiger partial charge in [-0.15, -0.1) is 0 Å². The van der Waals surface area contributed by atoms with E-state index in [9.17, 15) is 18.0 Å². The van der Waals surface area contributed by atoms with Crippen LogP contribution in [0.1, 0.15) is 43.9 Å². The highest BCUT2D eigenvalue weighted by atomic mass is 35.5. The van der Waals surface area contributed by atoms with Crippen LogP contribution in [0.15, 0.2) is 71.6 Å². The second kappa shape index (κ2) is 13.9. The molecule has 3 aromatic rings. The molecule has 0 heterocycles. The molecule has 2 atom stereocenters. The number of hydrogen-bond acceptors (Lipinski definition) is 5. The van der Waals surface area contributed by atoms with Gasteiger partial charge < -0.3 is 15.0 Å². The summed E-state index contributed by atoms with van der Waals surface area (Å²) in [6, 6.07) is 17.6. The quantitative estimate of drug-likeness (QED) is 0.297. The predicted octanol–water partition coefficient (Wildman–Crippen LogP) is 5.49. The van der Waals surface area contributed by atoms with Crippen LogP contribution in [0, 0.1) is 13.8 Å². The Morgan fingerprint density at radius 1 is 0.976 bits per heavy atom. The van der Waals surface area contributed by atoms with Gasteiger partial charge in [-0.1, -0.05) is 60.5 Å². The average molecular weight is 600 g/mol. The minimum atomic E-state index is -4.22. The molecule has 41 heavy (non-hydrogen) atoms. The van der Waals surface area contributed by atoms with Gasteiger partial charge in [0.25, 0.3) is 10.0 Å². The molecule has 2 amide bonds. The van der Waals surface area contributed by atoms with Crippen LogP contribution in [-0.2, 0) is 26.2 Å². The van der Waals surface area contributed by atoms with E-state index in [1.807, 2.05) is 27.7 Å². The van der Waals surface area contributed by atoms with Crippen LogP contribution in [0.5, 0.6) is 5.75 Å². The minimum absolute atomic E-state index is 0.0109. The highest BCUT2D eigenvalue weighted by molar-refractivity contribution is 7.92. The lowest BCUT2D eigenvalue weighted by molar-refractivity contribution is -0.139. The Hall–Kier alpha value is -3.56. The molecule has 0 aromatic heterocycles. The molecule has 0 spiro atoms. The third kappa shape index (κ3) is 7.80. The third-order valence-electron chi connectivity index (χ3n) is 6.96. The summed E-state index contributed by atoms with van der Waals surface area (Å²) in [5.74, 6) is -0.629. The first-order valence-electron chi connectivity index (χ1n) is 13.5. The van der Waals surface area contributed by atoms with Crippen molar-refractivity contribution in [2.24, 2.45) is 0 Å². The van der Waals surface area contributed by atoms with Crippen LogP contribution < -0.4 is 14.4 Å². The summed E-state index contributed by atoms with van der Waals surface area (Å²) in [5, 5.41) is 3.35. The van der Waals surface area contributed by atoms with Crippen molar-refractivity contribution in [3.8, 4) is 5.75 Å². The number of sulfonamides is 1. The molecule has 0 unspecified atom stereocenters. The Bertz CT molecular complexity index is 1480. The number of nitrogens with zero attached hydrogens (tertiary/aromatic N) is 2. The highest BCUT2D eigenvalue weighted by Gasteiger charge is 2.34. The molecule has 1 N–H and O–H groups in total. The Morgan fingerprint density at radius 3 is 2.22 bits per heavy atom. The van der Waals surface area contributed by atoms with Gasteiger partial charge in [0.1, 0.15) is 18.3 Å². The van der Waals surface area contributed by atoms with E-state index in [4.69, 9.17) is 16.3 Å². The fraction of sp³-hybridized carbons (Fsp3) is 0.355. The smallest absolute Gasteiger partial charge is 0.264 e. The van der Waals surface area contributed by atoms with E-state index in [1.54, 1.807) is 61.5 Å². The maximum absolute atomic E-state index is 14.1. The van der Waals surface area contributed by atoms with Crippen molar-refractivity contribution in [3.63, 3.8) is 0 Å². The van der Waals surface area contributed by atoms with Gasteiger partial charge >= 0.3 is 0 Å². The van der Waals surface area contributed by atoms with E-state index in [2.05, 4.69) is 5.32 Å².